The van der Waals surface area contributed by atoms with Crippen molar-refractivity contribution in [2.45, 2.75) is 43.7 Å². The standard InChI is InChI=1S/C27H27ClFN3O3S/c1-16-12-18-13-23(29)25(36(30,34)35)14-24(18)32(16)26(33)21-15-31(27(21,2)3)19-10-8-17(9-11-19)20-6-4-5-7-22(20)28/h4-11,13-14,16,21H,12,15H2,1-3H3,(H2,30,34,35)/t16-,21+/m1/s1. The highest BCUT2D eigenvalue weighted by atomic mass is 35.5. The molecule has 0 saturated carbocycles. The van der Waals surface area contributed by atoms with E-state index in [1.54, 1.807) is 4.90 Å². The molecule has 0 bridgehead atoms. The number of benzene rings is 3. The van der Waals surface area contributed by atoms with Gasteiger partial charge in [0.2, 0.25) is 15.9 Å². The molecular formula is C27H27ClFN3O3S. The van der Waals surface area contributed by atoms with Crippen LogP contribution >= 0.6 is 11.6 Å². The molecule has 0 aliphatic carbocycles. The predicted molar refractivity (Wildman–Crippen MR) is 140 cm³/mol. The minimum atomic E-state index is -4.26. The van der Waals surface area contributed by atoms with Gasteiger partial charge in [0.15, 0.2) is 0 Å². The van der Waals surface area contributed by atoms with Crippen LogP contribution in [-0.4, -0.2) is 32.5 Å². The topological polar surface area (TPSA) is 83.7 Å². The first-order chi connectivity index (χ1) is 16.9. The van der Waals surface area contributed by atoms with E-state index in [4.69, 9.17) is 16.7 Å². The predicted octanol–water partition coefficient (Wildman–Crippen LogP) is 4.99. The second kappa shape index (κ2) is 8.57. The molecule has 9 heteroatoms. The summed E-state index contributed by atoms with van der Waals surface area (Å²) in [7, 11) is -4.26. The molecule has 3 aromatic carbocycles. The molecule has 2 atom stereocenters. The zero-order valence-electron chi connectivity index (χ0n) is 20.2. The van der Waals surface area contributed by atoms with Crippen LogP contribution in [0.1, 0.15) is 26.3 Å². The Morgan fingerprint density at radius 1 is 1.11 bits per heavy atom. The minimum Gasteiger partial charge on any atom is -0.365 e. The van der Waals surface area contributed by atoms with Crippen LogP contribution in [0, 0.1) is 11.7 Å². The summed E-state index contributed by atoms with van der Waals surface area (Å²) < 4.78 is 38.1. The van der Waals surface area contributed by atoms with Gasteiger partial charge in [0, 0.05) is 40.1 Å². The van der Waals surface area contributed by atoms with Gasteiger partial charge in [-0.05, 0) is 68.7 Å². The Morgan fingerprint density at radius 3 is 2.39 bits per heavy atom. The van der Waals surface area contributed by atoms with Crippen LogP contribution in [0.15, 0.2) is 65.6 Å². The number of nitrogens with two attached hydrogens (primary N) is 1. The van der Waals surface area contributed by atoms with Crippen molar-refractivity contribution in [1.82, 2.24) is 0 Å². The van der Waals surface area contributed by atoms with Crippen LogP contribution in [0.2, 0.25) is 5.02 Å². The van der Waals surface area contributed by atoms with Gasteiger partial charge < -0.3 is 9.80 Å². The summed E-state index contributed by atoms with van der Waals surface area (Å²) in [5.74, 6) is -1.33. The summed E-state index contributed by atoms with van der Waals surface area (Å²) in [5.41, 5.74) is 3.50. The van der Waals surface area contributed by atoms with Crippen molar-refractivity contribution in [3.8, 4) is 11.1 Å². The molecule has 1 amide bonds. The zero-order valence-corrected chi connectivity index (χ0v) is 21.8. The lowest BCUT2D eigenvalue weighted by molar-refractivity contribution is -0.126. The molecule has 2 N–H and O–H groups in total. The minimum absolute atomic E-state index is 0.109. The van der Waals surface area contributed by atoms with Crippen molar-refractivity contribution in [2.24, 2.45) is 11.1 Å². The van der Waals surface area contributed by atoms with Crippen LogP contribution in [0.25, 0.3) is 11.1 Å². The second-order valence-corrected chi connectivity index (χ2v) is 12.0. The number of rotatable bonds is 4. The summed E-state index contributed by atoms with van der Waals surface area (Å²) in [6.45, 7) is 6.43. The van der Waals surface area contributed by atoms with E-state index in [0.717, 1.165) is 16.8 Å². The molecule has 188 valence electrons. The Bertz CT molecular complexity index is 1470. The Kier molecular flexibility index (Phi) is 5.89. The third-order valence-electron chi connectivity index (χ3n) is 7.47. The van der Waals surface area contributed by atoms with Gasteiger partial charge in [-0.1, -0.05) is 41.9 Å². The average molecular weight is 528 g/mol. The van der Waals surface area contributed by atoms with Gasteiger partial charge in [0.1, 0.15) is 10.7 Å². The first-order valence-corrected chi connectivity index (χ1v) is 13.6. The Morgan fingerprint density at radius 2 is 1.78 bits per heavy atom. The quantitative estimate of drug-likeness (QED) is 0.518. The third kappa shape index (κ3) is 3.97. The summed E-state index contributed by atoms with van der Waals surface area (Å²) in [4.78, 5) is 16.9. The number of carbonyl (C=O) groups excluding carboxylic acids is 1. The first-order valence-electron chi connectivity index (χ1n) is 11.7. The maximum absolute atomic E-state index is 14.4. The molecule has 5 rings (SSSR count). The van der Waals surface area contributed by atoms with Crippen molar-refractivity contribution < 1.29 is 17.6 Å². The maximum Gasteiger partial charge on any atom is 0.241 e. The number of hydrogen-bond donors (Lipinski definition) is 1. The highest BCUT2D eigenvalue weighted by molar-refractivity contribution is 7.89. The summed E-state index contributed by atoms with van der Waals surface area (Å²) in [6, 6.07) is 17.9. The van der Waals surface area contributed by atoms with E-state index in [-0.39, 0.29) is 17.9 Å². The number of halogens is 2. The average Bonchev–Trinajstić information content (AvgIpc) is 3.12. The van der Waals surface area contributed by atoms with E-state index in [1.807, 2.05) is 69.3 Å². The molecule has 3 aromatic rings. The van der Waals surface area contributed by atoms with Crippen molar-refractivity contribution in [3.05, 3.63) is 77.1 Å². The number of sulfonamides is 1. The monoisotopic (exact) mass is 527 g/mol. The fourth-order valence-electron chi connectivity index (χ4n) is 5.39. The maximum atomic E-state index is 14.4. The highest BCUT2D eigenvalue weighted by Gasteiger charge is 2.53. The van der Waals surface area contributed by atoms with Gasteiger partial charge in [-0.3, -0.25) is 4.79 Å². The molecule has 2 aliphatic rings. The third-order valence-corrected chi connectivity index (χ3v) is 8.72. The number of amides is 1. The lowest BCUT2D eigenvalue weighted by atomic mass is 9.75. The largest absolute Gasteiger partial charge is 0.365 e. The molecule has 0 unspecified atom stereocenters. The molecule has 6 nitrogen and oxygen atoms in total. The number of primary sulfonamides is 1. The first kappa shape index (κ1) is 24.7. The van der Waals surface area contributed by atoms with Crippen LogP contribution in [-0.2, 0) is 21.2 Å². The van der Waals surface area contributed by atoms with E-state index in [2.05, 4.69) is 4.90 Å². The van der Waals surface area contributed by atoms with Gasteiger partial charge in [-0.25, -0.2) is 17.9 Å². The molecular weight excluding hydrogens is 501 g/mol. The van der Waals surface area contributed by atoms with Crippen molar-refractivity contribution in [1.29, 1.82) is 0 Å². The SMILES string of the molecule is C[C@@H]1Cc2cc(F)c(S(N)(=O)=O)cc2N1C(=O)[C@@H]1CN(c2ccc(-c3ccccc3Cl)cc2)C1(C)C. The van der Waals surface area contributed by atoms with Gasteiger partial charge in [0.05, 0.1) is 5.92 Å². The fraction of sp³-hybridized carbons (Fsp3) is 0.296. The summed E-state index contributed by atoms with van der Waals surface area (Å²) in [5, 5.41) is 5.89. The lowest BCUT2D eigenvalue weighted by Gasteiger charge is -2.56. The fourth-order valence-corrected chi connectivity index (χ4v) is 6.24. The summed E-state index contributed by atoms with van der Waals surface area (Å²) in [6.07, 6.45) is 0.448. The van der Waals surface area contributed by atoms with Gasteiger partial charge >= 0.3 is 0 Å². The van der Waals surface area contributed by atoms with E-state index >= 15 is 0 Å². The summed E-state index contributed by atoms with van der Waals surface area (Å²) >= 11 is 6.34. The zero-order chi connectivity index (χ0) is 26.0. The molecule has 36 heavy (non-hydrogen) atoms. The van der Waals surface area contributed by atoms with Crippen LogP contribution in [0.5, 0.6) is 0 Å². The number of hydrogen-bond acceptors (Lipinski definition) is 4. The molecule has 0 spiro atoms. The van der Waals surface area contributed by atoms with E-state index in [9.17, 15) is 17.6 Å². The normalized spacial score (nSPS) is 20.7. The number of carbonyl (C=O) groups is 1. The molecule has 0 aromatic heterocycles. The molecule has 1 fully saturated rings. The van der Waals surface area contributed by atoms with Crippen molar-refractivity contribution in [3.63, 3.8) is 0 Å². The highest BCUT2D eigenvalue weighted by Crippen LogP contribution is 2.44. The van der Waals surface area contributed by atoms with Crippen LogP contribution in [0.3, 0.4) is 0 Å². The van der Waals surface area contributed by atoms with Crippen LogP contribution < -0.4 is 14.9 Å². The van der Waals surface area contributed by atoms with Gasteiger partial charge in [0.25, 0.3) is 0 Å². The Balaban J connectivity index is 1.39. The smallest absolute Gasteiger partial charge is 0.241 e. The van der Waals surface area contributed by atoms with Crippen molar-refractivity contribution in [2.75, 3.05) is 16.3 Å². The van der Waals surface area contributed by atoms with E-state index < -0.39 is 26.3 Å². The Labute approximate surface area is 215 Å². The number of fused-ring (bicyclic) bond motifs is 1. The van der Waals surface area contributed by atoms with E-state index in [1.165, 1.54) is 12.1 Å². The van der Waals surface area contributed by atoms with Crippen LogP contribution in [0.4, 0.5) is 15.8 Å². The molecule has 1 saturated heterocycles. The van der Waals surface area contributed by atoms with Gasteiger partial charge in [-0.2, -0.15) is 0 Å². The van der Waals surface area contributed by atoms with Gasteiger partial charge in [-0.15, -0.1) is 0 Å². The molecule has 2 heterocycles. The lowest BCUT2D eigenvalue weighted by Crippen LogP contribution is -2.69. The molecule has 2 aliphatic heterocycles. The van der Waals surface area contributed by atoms with E-state index in [0.29, 0.717) is 29.2 Å². The molecule has 0 radical (unpaired) electrons. The second-order valence-electron chi connectivity index (χ2n) is 10.1. The number of nitrogens with zero attached hydrogens (tertiary/aromatic N) is 2. The number of anilines is 2. The van der Waals surface area contributed by atoms with Crippen molar-refractivity contribution >= 4 is 38.9 Å². The Hall–Kier alpha value is -2.94.